The Balaban J connectivity index is 1.33. The Hall–Kier alpha value is -4.22. The molecule has 0 unspecified atom stereocenters. The average molecular weight is 482 g/mol. The zero-order valence-corrected chi connectivity index (χ0v) is 19.9. The largest absolute Gasteiger partial charge is 0.457 e. The van der Waals surface area contributed by atoms with E-state index < -0.39 is 0 Å². The quantitative estimate of drug-likeness (QED) is 0.313. The number of nitrogens with one attached hydrogen (secondary N) is 2. The van der Waals surface area contributed by atoms with Crippen LogP contribution in [0.3, 0.4) is 0 Å². The molecular formula is C29H24ClN3O2. The second kappa shape index (κ2) is 9.95. The number of hydrazine groups is 1. The van der Waals surface area contributed by atoms with Gasteiger partial charge in [-0.15, -0.1) is 0 Å². The topological polar surface area (TPSA) is 53.6 Å². The van der Waals surface area contributed by atoms with Gasteiger partial charge in [-0.3, -0.25) is 5.43 Å². The summed E-state index contributed by atoms with van der Waals surface area (Å²) in [4.78, 5) is 13.2. The van der Waals surface area contributed by atoms with Gasteiger partial charge >= 0.3 is 6.03 Å². The first-order chi connectivity index (χ1) is 17.1. The zero-order valence-electron chi connectivity index (χ0n) is 19.2. The van der Waals surface area contributed by atoms with Gasteiger partial charge in [0.2, 0.25) is 0 Å². The highest BCUT2D eigenvalue weighted by atomic mass is 35.5. The van der Waals surface area contributed by atoms with Crippen molar-refractivity contribution in [2.75, 3.05) is 11.9 Å². The summed E-state index contributed by atoms with van der Waals surface area (Å²) in [6.07, 6.45) is 0. The predicted octanol–water partition coefficient (Wildman–Crippen LogP) is 7.36. The molecule has 6 heteroatoms. The van der Waals surface area contributed by atoms with Crippen LogP contribution in [0.1, 0.15) is 16.7 Å². The van der Waals surface area contributed by atoms with Gasteiger partial charge in [-0.1, -0.05) is 72.3 Å². The van der Waals surface area contributed by atoms with Crippen molar-refractivity contribution >= 4 is 34.6 Å². The SMILES string of the molecule is Cc1cc(NC(=O)N2CC(c3ccccc3)=C(c3ccc(Cl)cc3)N2)ccc1Oc1ccccc1. The summed E-state index contributed by atoms with van der Waals surface area (Å²) in [6, 6.07) is 32.6. The number of urea groups is 1. The van der Waals surface area contributed by atoms with E-state index in [0.717, 1.165) is 39.5 Å². The summed E-state index contributed by atoms with van der Waals surface area (Å²) in [6.45, 7) is 2.37. The number of carbonyl (C=O) groups excluding carboxylic acids is 1. The van der Waals surface area contributed by atoms with Crippen LogP contribution >= 0.6 is 11.6 Å². The number of hydrogen-bond acceptors (Lipinski definition) is 3. The van der Waals surface area contributed by atoms with Crippen LogP contribution in [0.2, 0.25) is 5.02 Å². The van der Waals surface area contributed by atoms with Gasteiger partial charge in [0.05, 0.1) is 12.2 Å². The highest BCUT2D eigenvalue weighted by Gasteiger charge is 2.27. The van der Waals surface area contributed by atoms with E-state index in [2.05, 4.69) is 10.7 Å². The summed E-state index contributed by atoms with van der Waals surface area (Å²) >= 11 is 6.09. The first kappa shape index (κ1) is 22.6. The smallest absolute Gasteiger partial charge is 0.340 e. The molecule has 4 aromatic rings. The zero-order chi connectivity index (χ0) is 24.2. The third kappa shape index (κ3) is 5.15. The van der Waals surface area contributed by atoms with Gasteiger partial charge in [-0.05, 0) is 66.1 Å². The Morgan fingerprint density at radius 2 is 1.57 bits per heavy atom. The van der Waals surface area contributed by atoms with Crippen molar-refractivity contribution < 1.29 is 9.53 Å². The van der Waals surface area contributed by atoms with Gasteiger partial charge in [0.15, 0.2) is 0 Å². The number of halogens is 1. The predicted molar refractivity (Wildman–Crippen MR) is 141 cm³/mol. The fraction of sp³-hybridized carbons (Fsp3) is 0.0690. The van der Waals surface area contributed by atoms with E-state index >= 15 is 0 Å². The Kier molecular flexibility index (Phi) is 6.42. The molecule has 5 rings (SSSR count). The highest BCUT2D eigenvalue weighted by molar-refractivity contribution is 6.30. The van der Waals surface area contributed by atoms with E-state index in [1.54, 1.807) is 5.01 Å². The van der Waals surface area contributed by atoms with E-state index in [1.165, 1.54) is 0 Å². The van der Waals surface area contributed by atoms with Crippen molar-refractivity contribution in [1.82, 2.24) is 10.4 Å². The Morgan fingerprint density at radius 3 is 2.26 bits per heavy atom. The van der Waals surface area contributed by atoms with Crippen molar-refractivity contribution in [3.8, 4) is 11.5 Å². The first-order valence-corrected chi connectivity index (χ1v) is 11.7. The number of benzene rings is 4. The van der Waals surface area contributed by atoms with E-state index in [1.807, 2.05) is 110 Å². The van der Waals surface area contributed by atoms with E-state index in [0.29, 0.717) is 17.3 Å². The lowest BCUT2D eigenvalue weighted by Crippen LogP contribution is -2.40. The molecular weight excluding hydrogens is 458 g/mol. The maximum Gasteiger partial charge on any atom is 0.340 e. The van der Waals surface area contributed by atoms with Crippen molar-refractivity contribution in [2.24, 2.45) is 0 Å². The van der Waals surface area contributed by atoms with Crippen LogP contribution in [0.5, 0.6) is 11.5 Å². The number of hydrogen-bond donors (Lipinski definition) is 2. The molecule has 0 aliphatic carbocycles. The number of aryl methyl sites for hydroxylation is 1. The maximum atomic E-state index is 13.2. The van der Waals surface area contributed by atoms with Crippen molar-refractivity contribution in [1.29, 1.82) is 0 Å². The van der Waals surface area contributed by atoms with Crippen LogP contribution < -0.4 is 15.5 Å². The maximum absolute atomic E-state index is 13.2. The number of ether oxygens (including phenoxy) is 1. The molecule has 1 aliphatic rings. The van der Waals surface area contributed by atoms with Crippen LogP contribution in [-0.2, 0) is 0 Å². The normalized spacial score (nSPS) is 12.9. The number of carbonyl (C=O) groups is 1. The molecule has 1 heterocycles. The van der Waals surface area contributed by atoms with Gasteiger partial charge in [-0.25, -0.2) is 9.80 Å². The Bertz CT molecular complexity index is 1370. The van der Waals surface area contributed by atoms with Gasteiger partial charge in [-0.2, -0.15) is 0 Å². The van der Waals surface area contributed by atoms with Crippen LogP contribution in [0.25, 0.3) is 11.3 Å². The van der Waals surface area contributed by atoms with E-state index in [4.69, 9.17) is 16.3 Å². The number of para-hydroxylation sites is 1. The number of rotatable bonds is 5. The summed E-state index contributed by atoms with van der Waals surface area (Å²) in [5.41, 5.74) is 8.83. The van der Waals surface area contributed by atoms with Crippen molar-refractivity contribution in [2.45, 2.75) is 6.92 Å². The molecule has 0 saturated carbocycles. The number of nitrogens with zero attached hydrogens (tertiary/aromatic N) is 1. The second-order valence-electron chi connectivity index (χ2n) is 8.25. The minimum Gasteiger partial charge on any atom is -0.457 e. The lowest BCUT2D eigenvalue weighted by molar-refractivity contribution is 0.210. The van der Waals surface area contributed by atoms with Gasteiger partial charge in [0.25, 0.3) is 0 Å². The molecule has 0 spiro atoms. The minimum absolute atomic E-state index is 0.251. The standard InChI is InChI=1S/C29H24ClN3O2/c1-20-18-24(16-17-27(20)35-25-10-6-3-7-11-25)31-29(34)33-19-26(21-8-4-2-5-9-21)28(32-33)22-12-14-23(30)15-13-22/h2-18,32H,19H2,1H3,(H,31,34). The summed E-state index contributed by atoms with van der Waals surface area (Å²) < 4.78 is 5.95. The lowest BCUT2D eigenvalue weighted by Gasteiger charge is -2.19. The van der Waals surface area contributed by atoms with E-state index in [9.17, 15) is 4.79 Å². The fourth-order valence-corrected chi connectivity index (χ4v) is 4.11. The molecule has 4 aromatic carbocycles. The Labute approximate surface area is 209 Å². The highest BCUT2D eigenvalue weighted by Crippen LogP contribution is 2.32. The summed E-state index contributed by atoms with van der Waals surface area (Å²) in [7, 11) is 0. The average Bonchev–Trinajstić information content (AvgIpc) is 3.33. The second-order valence-corrected chi connectivity index (χ2v) is 8.69. The number of amides is 2. The third-order valence-electron chi connectivity index (χ3n) is 5.76. The van der Waals surface area contributed by atoms with Crippen LogP contribution in [-0.4, -0.2) is 17.6 Å². The molecule has 0 saturated heterocycles. The van der Waals surface area contributed by atoms with Crippen molar-refractivity contribution in [3.63, 3.8) is 0 Å². The molecule has 0 radical (unpaired) electrons. The van der Waals surface area contributed by atoms with Gasteiger partial charge in [0.1, 0.15) is 11.5 Å². The molecule has 2 N–H and O–H groups in total. The van der Waals surface area contributed by atoms with Crippen LogP contribution in [0, 0.1) is 6.92 Å². The molecule has 174 valence electrons. The molecule has 0 bridgehead atoms. The monoisotopic (exact) mass is 481 g/mol. The molecule has 2 amide bonds. The molecule has 0 aromatic heterocycles. The molecule has 0 fully saturated rings. The number of anilines is 1. The molecule has 5 nitrogen and oxygen atoms in total. The van der Waals surface area contributed by atoms with Gasteiger partial charge < -0.3 is 10.1 Å². The summed E-state index contributed by atoms with van der Waals surface area (Å²) in [5.74, 6) is 1.51. The minimum atomic E-state index is -0.251. The fourth-order valence-electron chi connectivity index (χ4n) is 3.98. The molecule has 1 aliphatic heterocycles. The van der Waals surface area contributed by atoms with E-state index in [-0.39, 0.29) is 6.03 Å². The van der Waals surface area contributed by atoms with Crippen LogP contribution in [0.4, 0.5) is 10.5 Å². The molecule has 0 atom stereocenters. The van der Waals surface area contributed by atoms with Gasteiger partial charge in [0, 0.05) is 16.3 Å². The Morgan fingerprint density at radius 1 is 0.886 bits per heavy atom. The lowest BCUT2D eigenvalue weighted by atomic mass is 10.0. The molecule has 35 heavy (non-hydrogen) atoms. The summed E-state index contributed by atoms with van der Waals surface area (Å²) in [5, 5.41) is 5.23. The third-order valence-corrected chi connectivity index (χ3v) is 6.01. The van der Waals surface area contributed by atoms with Crippen LogP contribution in [0.15, 0.2) is 103 Å². The first-order valence-electron chi connectivity index (χ1n) is 11.3. The van der Waals surface area contributed by atoms with Crippen molar-refractivity contribution in [3.05, 3.63) is 125 Å².